The third-order valence-electron chi connectivity index (χ3n) is 4.13. The SMILES string of the molecule is COc1cc(Br)c(OC)c(C2(C(=O)O)CCCC2)c1OC. The van der Waals surface area contributed by atoms with E-state index < -0.39 is 11.4 Å². The molecule has 0 aliphatic heterocycles. The number of carboxylic acids is 1. The molecular formula is C15H19BrO5. The zero-order valence-corrected chi connectivity index (χ0v) is 13.9. The van der Waals surface area contributed by atoms with E-state index in [1.807, 2.05) is 0 Å². The van der Waals surface area contributed by atoms with Gasteiger partial charge in [-0.2, -0.15) is 0 Å². The number of carbonyl (C=O) groups is 1. The average Bonchev–Trinajstić information content (AvgIpc) is 2.96. The first kappa shape index (κ1) is 15.9. The maximum absolute atomic E-state index is 12.0. The Morgan fingerprint density at radius 3 is 2.14 bits per heavy atom. The molecule has 0 amide bonds. The fourth-order valence-electron chi connectivity index (χ4n) is 3.13. The van der Waals surface area contributed by atoms with Crippen molar-refractivity contribution in [1.82, 2.24) is 0 Å². The highest BCUT2D eigenvalue weighted by atomic mass is 79.9. The third kappa shape index (κ3) is 2.46. The molecule has 1 saturated carbocycles. The molecule has 21 heavy (non-hydrogen) atoms. The van der Waals surface area contributed by atoms with Crippen LogP contribution in [0.25, 0.3) is 0 Å². The van der Waals surface area contributed by atoms with Gasteiger partial charge in [0.05, 0.1) is 31.4 Å². The number of halogens is 1. The Morgan fingerprint density at radius 2 is 1.71 bits per heavy atom. The lowest BCUT2D eigenvalue weighted by Crippen LogP contribution is -2.33. The number of hydrogen-bond acceptors (Lipinski definition) is 4. The quantitative estimate of drug-likeness (QED) is 0.873. The molecule has 0 atom stereocenters. The number of benzene rings is 1. The van der Waals surface area contributed by atoms with Crippen molar-refractivity contribution in [3.63, 3.8) is 0 Å². The van der Waals surface area contributed by atoms with Gasteiger partial charge < -0.3 is 19.3 Å². The molecule has 1 fully saturated rings. The van der Waals surface area contributed by atoms with E-state index in [0.717, 1.165) is 12.8 Å². The van der Waals surface area contributed by atoms with Crippen molar-refractivity contribution < 1.29 is 24.1 Å². The smallest absolute Gasteiger partial charge is 0.314 e. The van der Waals surface area contributed by atoms with Gasteiger partial charge in [0.25, 0.3) is 0 Å². The number of aliphatic carboxylic acids is 1. The van der Waals surface area contributed by atoms with E-state index >= 15 is 0 Å². The monoisotopic (exact) mass is 358 g/mol. The Balaban J connectivity index is 2.81. The Labute approximate surface area is 132 Å². The van der Waals surface area contributed by atoms with Gasteiger partial charge in [-0.05, 0) is 28.8 Å². The van der Waals surface area contributed by atoms with Crippen LogP contribution < -0.4 is 14.2 Å². The van der Waals surface area contributed by atoms with Crippen molar-refractivity contribution in [3.05, 3.63) is 16.1 Å². The molecule has 0 heterocycles. The van der Waals surface area contributed by atoms with Gasteiger partial charge in [-0.15, -0.1) is 0 Å². The van der Waals surface area contributed by atoms with Gasteiger partial charge in [0.2, 0.25) is 0 Å². The highest BCUT2D eigenvalue weighted by molar-refractivity contribution is 9.10. The highest BCUT2D eigenvalue weighted by Crippen LogP contribution is 2.54. The Hall–Kier alpha value is -1.43. The minimum atomic E-state index is -0.992. The summed E-state index contributed by atoms with van der Waals surface area (Å²) in [7, 11) is 4.57. The second-order valence-corrected chi connectivity index (χ2v) is 5.95. The maximum atomic E-state index is 12.0. The average molecular weight is 359 g/mol. The minimum absolute atomic E-state index is 0.432. The van der Waals surface area contributed by atoms with Crippen LogP contribution in [-0.4, -0.2) is 32.4 Å². The van der Waals surface area contributed by atoms with Crippen LogP contribution in [0.3, 0.4) is 0 Å². The van der Waals surface area contributed by atoms with Crippen LogP contribution in [0.1, 0.15) is 31.2 Å². The molecule has 0 bridgehead atoms. The van der Waals surface area contributed by atoms with Crippen LogP contribution in [0.2, 0.25) is 0 Å². The van der Waals surface area contributed by atoms with Crippen LogP contribution in [0, 0.1) is 0 Å². The summed E-state index contributed by atoms with van der Waals surface area (Å²) >= 11 is 3.43. The number of hydrogen-bond donors (Lipinski definition) is 1. The number of ether oxygens (including phenoxy) is 3. The molecule has 5 nitrogen and oxygen atoms in total. The molecule has 116 valence electrons. The van der Waals surface area contributed by atoms with Gasteiger partial charge in [-0.3, -0.25) is 4.79 Å². The number of methoxy groups -OCH3 is 3. The summed E-state index contributed by atoms with van der Waals surface area (Å²) in [5.74, 6) is 0.572. The Bertz CT molecular complexity index is 549. The van der Waals surface area contributed by atoms with E-state index in [4.69, 9.17) is 14.2 Å². The fourth-order valence-corrected chi connectivity index (χ4v) is 3.70. The van der Waals surface area contributed by atoms with Gasteiger partial charge in [0.15, 0.2) is 11.5 Å². The molecule has 0 unspecified atom stereocenters. The molecule has 0 radical (unpaired) electrons. The van der Waals surface area contributed by atoms with Gasteiger partial charge in [-0.25, -0.2) is 0 Å². The molecule has 0 saturated heterocycles. The summed E-state index contributed by atoms with van der Waals surface area (Å²) < 4.78 is 16.9. The van der Waals surface area contributed by atoms with E-state index in [1.54, 1.807) is 6.07 Å². The van der Waals surface area contributed by atoms with Crippen LogP contribution in [0.5, 0.6) is 17.2 Å². The standard InChI is InChI=1S/C15H19BrO5/c1-19-10-8-9(16)12(20-2)11(13(10)21-3)15(14(17)18)6-4-5-7-15/h8H,4-7H2,1-3H3,(H,17,18). The van der Waals surface area contributed by atoms with Crippen LogP contribution in [0.15, 0.2) is 10.5 Å². The first-order valence-electron chi connectivity index (χ1n) is 6.74. The molecule has 1 aliphatic carbocycles. The van der Waals surface area contributed by atoms with Crippen molar-refractivity contribution >= 4 is 21.9 Å². The van der Waals surface area contributed by atoms with Crippen molar-refractivity contribution in [1.29, 1.82) is 0 Å². The summed E-state index contributed by atoms with van der Waals surface area (Å²) in [6, 6.07) is 1.73. The fraction of sp³-hybridized carbons (Fsp3) is 0.533. The lowest BCUT2D eigenvalue weighted by Gasteiger charge is -2.29. The predicted octanol–water partition coefficient (Wildman–Crippen LogP) is 3.37. The molecule has 1 aromatic rings. The minimum Gasteiger partial charge on any atom is -0.495 e. The summed E-state index contributed by atoms with van der Waals surface area (Å²) in [6.07, 6.45) is 2.87. The van der Waals surface area contributed by atoms with E-state index in [-0.39, 0.29) is 0 Å². The van der Waals surface area contributed by atoms with Crippen molar-refractivity contribution in [2.24, 2.45) is 0 Å². The van der Waals surface area contributed by atoms with Crippen LogP contribution in [-0.2, 0) is 10.2 Å². The summed E-state index contributed by atoms with van der Waals surface area (Å²) in [5, 5.41) is 9.84. The third-order valence-corrected chi connectivity index (χ3v) is 4.71. The number of rotatable bonds is 5. The van der Waals surface area contributed by atoms with E-state index in [9.17, 15) is 9.90 Å². The lowest BCUT2D eigenvalue weighted by atomic mass is 9.77. The van der Waals surface area contributed by atoms with Gasteiger partial charge >= 0.3 is 5.97 Å². The molecule has 1 aromatic carbocycles. The van der Waals surface area contributed by atoms with E-state index in [1.165, 1.54) is 21.3 Å². The van der Waals surface area contributed by atoms with Crippen LogP contribution >= 0.6 is 15.9 Å². The molecule has 0 spiro atoms. The number of carboxylic acid groups (broad SMARTS) is 1. The first-order valence-corrected chi connectivity index (χ1v) is 7.53. The lowest BCUT2D eigenvalue weighted by molar-refractivity contribution is -0.143. The van der Waals surface area contributed by atoms with Gasteiger partial charge in [-0.1, -0.05) is 12.8 Å². The summed E-state index contributed by atoms with van der Waals surface area (Å²) in [6.45, 7) is 0. The second-order valence-electron chi connectivity index (χ2n) is 5.10. The molecular weight excluding hydrogens is 340 g/mol. The Kier molecular flexibility index (Phi) is 4.66. The van der Waals surface area contributed by atoms with Crippen molar-refractivity contribution in [2.45, 2.75) is 31.1 Å². The molecule has 1 N–H and O–H groups in total. The highest BCUT2D eigenvalue weighted by Gasteiger charge is 2.48. The van der Waals surface area contributed by atoms with E-state index in [0.29, 0.717) is 40.1 Å². The summed E-state index contributed by atoms with van der Waals surface area (Å²) in [5.41, 5.74) is -0.433. The van der Waals surface area contributed by atoms with E-state index in [2.05, 4.69) is 15.9 Å². The van der Waals surface area contributed by atoms with Gasteiger partial charge in [0, 0.05) is 6.07 Å². The predicted molar refractivity (Wildman–Crippen MR) is 81.6 cm³/mol. The first-order chi connectivity index (χ1) is 10.0. The summed E-state index contributed by atoms with van der Waals surface area (Å²) in [4.78, 5) is 12.0. The molecule has 2 rings (SSSR count). The van der Waals surface area contributed by atoms with Gasteiger partial charge in [0.1, 0.15) is 11.2 Å². The van der Waals surface area contributed by atoms with Crippen LogP contribution in [0.4, 0.5) is 0 Å². The molecule has 0 aromatic heterocycles. The maximum Gasteiger partial charge on any atom is 0.314 e. The molecule has 1 aliphatic rings. The second kappa shape index (κ2) is 6.13. The largest absolute Gasteiger partial charge is 0.495 e. The Morgan fingerprint density at radius 1 is 1.14 bits per heavy atom. The molecule has 6 heteroatoms. The van der Waals surface area contributed by atoms with Crippen molar-refractivity contribution in [2.75, 3.05) is 21.3 Å². The normalized spacial score (nSPS) is 16.6. The zero-order chi connectivity index (χ0) is 15.6. The van der Waals surface area contributed by atoms with Crippen molar-refractivity contribution in [3.8, 4) is 17.2 Å². The zero-order valence-electron chi connectivity index (χ0n) is 12.4. The topological polar surface area (TPSA) is 65.0 Å².